The van der Waals surface area contributed by atoms with Gasteiger partial charge in [0, 0.05) is 0 Å². The zero-order chi connectivity index (χ0) is 9.94. The summed E-state index contributed by atoms with van der Waals surface area (Å²) >= 11 is 0. The highest BCUT2D eigenvalue weighted by Gasteiger charge is 2.33. The first kappa shape index (κ1) is 10.4. The summed E-state index contributed by atoms with van der Waals surface area (Å²) in [5.74, 6) is 0. The Hall–Kier alpha value is -1.58. The van der Waals surface area contributed by atoms with Gasteiger partial charge in [-0.2, -0.15) is 5.01 Å². The van der Waals surface area contributed by atoms with E-state index < -0.39 is 18.2 Å². The molecule has 0 aliphatic carbocycles. The number of urea groups is 2. The van der Waals surface area contributed by atoms with Crippen LogP contribution < -0.4 is 16.9 Å². The van der Waals surface area contributed by atoms with Gasteiger partial charge in [-0.15, -0.1) is 0 Å². The molecule has 9 nitrogen and oxygen atoms in total. The number of nitrogens with zero attached hydrogens (tertiary/aromatic N) is 1. The largest absolute Gasteiger partial charge is 0.391 e. The first-order chi connectivity index (χ1) is 5.25. The maximum absolute atomic E-state index is 10.3. The van der Waals surface area contributed by atoms with Crippen LogP contribution in [0.2, 0.25) is 0 Å². The maximum Gasteiger partial charge on any atom is 0.391 e. The fraction of sp³-hybridized carbons (Fsp3) is 0.333. The second kappa shape index (κ2) is 3.21. The minimum Gasteiger partial charge on any atom is -0.350 e. The van der Waals surface area contributed by atoms with E-state index in [2.05, 4.69) is 11.5 Å². The lowest BCUT2D eigenvalue weighted by atomic mass is 10.8. The van der Waals surface area contributed by atoms with E-state index in [-0.39, 0.29) is 5.01 Å². The summed E-state index contributed by atoms with van der Waals surface area (Å²) in [5, 5.41) is 24.7. The normalized spacial score (nSPS) is 10.6. The van der Waals surface area contributed by atoms with Gasteiger partial charge in [0.05, 0.1) is 0 Å². The number of rotatable bonds is 1. The van der Waals surface area contributed by atoms with Crippen LogP contribution in [0.3, 0.4) is 0 Å². The zero-order valence-electron chi connectivity index (χ0n) is 5.76. The summed E-state index contributed by atoms with van der Waals surface area (Å²) in [7, 11) is 0. The van der Waals surface area contributed by atoms with E-state index in [4.69, 9.17) is 15.3 Å². The quantitative estimate of drug-likeness (QED) is 0.182. The van der Waals surface area contributed by atoms with Crippen LogP contribution in [0.1, 0.15) is 0 Å². The van der Waals surface area contributed by atoms with Gasteiger partial charge in [0.25, 0.3) is 0 Å². The van der Waals surface area contributed by atoms with Gasteiger partial charge >= 0.3 is 18.2 Å². The number of aliphatic hydroxyl groups is 3. The third-order valence-corrected chi connectivity index (χ3v) is 0.742. The minimum absolute atomic E-state index is 0.366. The Labute approximate surface area is 66.1 Å². The molecule has 0 saturated carbocycles. The van der Waals surface area contributed by atoms with E-state index >= 15 is 0 Å². The van der Waals surface area contributed by atoms with E-state index in [1.165, 1.54) is 5.43 Å². The summed E-state index contributed by atoms with van der Waals surface area (Å²) in [5.41, 5.74) is 10.4. The van der Waals surface area contributed by atoms with Crippen LogP contribution in [0, 0.1) is 0 Å². The second-order valence-electron chi connectivity index (χ2n) is 1.75. The van der Waals surface area contributed by atoms with E-state index in [9.17, 15) is 9.59 Å². The number of carbonyl (C=O) groups is 2. The number of hydrogen-bond donors (Lipinski definition) is 6. The highest BCUT2D eigenvalue weighted by Crippen LogP contribution is 1.98. The topological polar surface area (TPSA) is 162 Å². The van der Waals surface area contributed by atoms with Crippen LogP contribution in [-0.4, -0.2) is 38.5 Å². The summed E-state index contributed by atoms with van der Waals surface area (Å²) in [6, 6.07) is -2.79. The number of carbonyl (C=O) groups excluding carboxylic acids is 2. The molecule has 0 spiro atoms. The Morgan fingerprint density at radius 2 is 1.67 bits per heavy atom. The molecule has 70 valence electrons. The molecular formula is C3H8N4O5. The van der Waals surface area contributed by atoms with Crippen LogP contribution >= 0.6 is 0 Å². The highest BCUT2D eigenvalue weighted by atomic mass is 16.7. The first-order valence-electron chi connectivity index (χ1n) is 2.58. The van der Waals surface area contributed by atoms with E-state index in [0.717, 1.165) is 0 Å². The highest BCUT2D eigenvalue weighted by molar-refractivity contribution is 5.78. The monoisotopic (exact) mass is 180 g/mol. The molecule has 8 N–H and O–H groups in total. The van der Waals surface area contributed by atoms with E-state index in [1.807, 2.05) is 0 Å². The molecule has 0 aromatic rings. The van der Waals surface area contributed by atoms with Crippen LogP contribution in [0.5, 0.6) is 0 Å². The van der Waals surface area contributed by atoms with Crippen molar-refractivity contribution in [1.82, 2.24) is 10.4 Å². The van der Waals surface area contributed by atoms with Crippen LogP contribution in [-0.2, 0) is 0 Å². The molecule has 0 aromatic heterocycles. The number of hydrogen-bond acceptors (Lipinski definition) is 5. The van der Waals surface area contributed by atoms with Gasteiger partial charge in [0.1, 0.15) is 0 Å². The van der Waals surface area contributed by atoms with Gasteiger partial charge in [0.15, 0.2) is 0 Å². The van der Waals surface area contributed by atoms with Gasteiger partial charge in [-0.3, -0.25) is 0 Å². The lowest BCUT2D eigenvalue weighted by molar-refractivity contribution is -0.384. The average Bonchev–Trinajstić information content (AvgIpc) is 1.79. The molecule has 0 aliphatic rings. The number of nitrogens with two attached hydrogens (primary N) is 2. The maximum atomic E-state index is 10.3. The van der Waals surface area contributed by atoms with Crippen molar-refractivity contribution in [2.75, 3.05) is 0 Å². The van der Waals surface area contributed by atoms with Crippen molar-refractivity contribution in [2.24, 2.45) is 11.5 Å². The van der Waals surface area contributed by atoms with Crippen molar-refractivity contribution in [3.05, 3.63) is 0 Å². The summed E-state index contributed by atoms with van der Waals surface area (Å²) in [6.07, 6.45) is -3.58. The number of primary amides is 2. The summed E-state index contributed by atoms with van der Waals surface area (Å²) in [4.78, 5) is 20.4. The minimum atomic E-state index is -3.58. The number of nitrogens with one attached hydrogen (secondary N) is 1. The van der Waals surface area contributed by atoms with Crippen molar-refractivity contribution < 1.29 is 24.9 Å². The summed E-state index contributed by atoms with van der Waals surface area (Å²) < 4.78 is 0. The molecule has 0 bridgehead atoms. The lowest BCUT2D eigenvalue weighted by Crippen LogP contribution is -2.62. The zero-order valence-corrected chi connectivity index (χ0v) is 5.76. The van der Waals surface area contributed by atoms with Crippen molar-refractivity contribution >= 4 is 12.1 Å². The molecule has 12 heavy (non-hydrogen) atoms. The molecule has 0 aliphatic heterocycles. The Bertz CT molecular complexity index is 197. The summed E-state index contributed by atoms with van der Waals surface area (Å²) in [6.45, 7) is 0. The molecule has 0 unspecified atom stereocenters. The molecule has 9 heteroatoms. The Kier molecular flexibility index (Phi) is 2.79. The molecule has 0 saturated heterocycles. The predicted octanol–water partition coefficient (Wildman–Crippen LogP) is -3.46. The van der Waals surface area contributed by atoms with Gasteiger partial charge in [0.2, 0.25) is 0 Å². The number of amides is 4. The van der Waals surface area contributed by atoms with Gasteiger partial charge in [-0.1, -0.05) is 0 Å². The molecule has 0 rings (SSSR count). The van der Waals surface area contributed by atoms with Crippen LogP contribution in [0.25, 0.3) is 0 Å². The predicted molar refractivity (Wildman–Crippen MR) is 33.5 cm³/mol. The number of hydrazine groups is 1. The van der Waals surface area contributed by atoms with Crippen molar-refractivity contribution in [2.45, 2.75) is 6.10 Å². The smallest absolute Gasteiger partial charge is 0.350 e. The van der Waals surface area contributed by atoms with Crippen LogP contribution in [0.4, 0.5) is 9.59 Å². The molecule has 0 aromatic carbocycles. The Balaban J connectivity index is 4.46. The Morgan fingerprint density at radius 1 is 1.25 bits per heavy atom. The second-order valence-corrected chi connectivity index (χ2v) is 1.75. The van der Waals surface area contributed by atoms with Crippen LogP contribution in [0.15, 0.2) is 0 Å². The van der Waals surface area contributed by atoms with Gasteiger partial charge < -0.3 is 26.8 Å². The van der Waals surface area contributed by atoms with E-state index in [1.54, 1.807) is 0 Å². The molecule has 0 atom stereocenters. The standard InChI is InChI=1S/C3H8N4O5/c4-1(8)6-7(2(5)9)3(10,11)12/h10-12H,(H2,5,9)(H3,4,6,8). The van der Waals surface area contributed by atoms with E-state index in [0.29, 0.717) is 0 Å². The molecule has 0 heterocycles. The SMILES string of the molecule is NC(=O)NN(C(N)=O)C(O)(O)O. The Morgan fingerprint density at radius 3 is 1.75 bits per heavy atom. The third kappa shape index (κ3) is 3.01. The molecule has 4 amide bonds. The van der Waals surface area contributed by atoms with Crippen molar-refractivity contribution in [3.8, 4) is 0 Å². The molecule has 0 fully saturated rings. The van der Waals surface area contributed by atoms with Crippen molar-refractivity contribution in [1.29, 1.82) is 0 Å². The first-order valence-corrected chi connectivity index (χ1v) is 2.58. The lowest BCUT2D eigenvalue weighted by Gasteiger charge is -2.27. The molecule has 0 radical (unpaired) electrons. The average molecular weight is 180 g/mol. The van der Waals surface area contributed by atoms with Crippen molar-refractivity contribution in [3.63, 3.8) is 0 Å². The van der Waals surface area contributed by atoms with Gasteiger partial charge in [-0.25, -0.2) is 15.0 Å². The van der Waals surface area contributed by atoms with Gasteiger partial charge in [-0.05, 0) is 0 Å². The third-order valence-electron chi connectivity index (χ3n) is 0.742. The fourth-order valence-electron chi connectivity index (χ4n) is 0.388. The fourth-order valence-corrected chi connectivity index (χ4v) is 0.388. The molecular weight excluding hydrogens is 172 g/mol.